The summed E-state index contributed by atoms with van der Waals surface area (Å²) in [6.07, 6.45) is 2.19. The molecule has 0 fully saturated rings. The minimum absolute atomic E-state index is 0.450. The van der Waals surface area contributed by atoms with Crippen LogP contribution < -0.4 is 10.5 Å². The third kappa shape index (κ3) is 2.54. The van der Waals surface area contributed by atoms with Crippen LogP contribution >= 0.6 is 0 Å². The molecule has 0 bridgehead atoms. The van der Waals surface area contributed by atoms with Crippen LogP contribution in [0.15, 0.2) is 24.3 Å². The van der Waals surface area contributed by atoms with Gasteiger partial charge in [-0.1, -0.05) is 6.92 Å². The SMILES string of the molecule is CC1CCn2c(COc3ccc(N)cc3)nnc2C1. The van der Waals surface area contributed by atoms with E-state index in [9.17, 15) is 0 Å². The number of ether oxygens (including phenoxy) is 1. The van der Waals surface area contributed by atoms with Gasteiger partial charge in [0.05, 0.1) is 0 Å². The topological polar surface area (TPSA) is 66.0 Å². The van der Waals surface area contributed by atoms with E-state index in [0.29, 0.717) is 12.5 Å². The molecule has 1 aliphatic heterocycles. The van der Waals surface area contributed by atoms with E-state index in [4.69, 9.17) is 10.5 Å². The van der Waals surface area contributed by atoms with Crippen molar-refractivity contribution in [2.24, 2.45) is 5.92 Å². The van der Waals surface area contributed by atoms with Crippen molar-refractivity contribution in [3.05, 3.63) is 35.9 Å². The average Bonchev–Trinajstić information content (AvgIpc) is 2.80. The maximum atomic E-state index is 5.72. The monoisotopic (exact) mass is 258 g/mol. The Morgan fingerprint density at radius 3 is 2.89 bits per heavy atom. The molecule has 0 spiro atoms. The van der Waals surface area contributed by atoms with Crippen molar-refractivity contribution in [3.8, 4) is 5.75 Å². The molecule has 2 heterocycles. The van der Waals surface area contributed by atoms with Crippen LogP contribution in [0.5, 0.6) is 5.75 Å². The van der Waals surface area contributed by atoms with E-state index in [1.165, 1.54) is 6.42 Å². The summed E-state index contributed by atoms with van der Waals surface area (Å²) in [7, 11) is 0. The van der Waals surface area contributed by atoms with E-state index in [1.54, 1.807) is 0 Å². The highest BCUT2D eigenvalue weighted by molar-refractivity contribution is 5.41. The zero-order valence-electron chi connectivity index (χ0n) is 11.0. The second-order valence-corrected chi connectivity index (χ2v) is 5.14. The van der Waals surface area contributed by atoms with Crippen molar-refractivity contribution >= 4 is 5.69 Å². The lowest BCUT2D eigenvalue weighted by atomic mass is 10.0. The quantitative estimate of drug-likeness (QED) is 0.855. The summed E-state index contributed by atoms with van der Waals surface area (Å²) in [5.41, 5.74) is 6.38. The molecule has 0 saturated carbocycles. The first-order chi connectivity index (χ1) is 9.22. The van der Waals surface area contributed by atoms with Gasteiger partial charge in [0.15, 0.2) is 5.82 Å². The number of anilines is 1. The highest BCUT2D eigenvalue weighted by Gasteiger charge is 2.20. The van der Waals surface area contributed by atoms with Gasteiger partial charge in [-0.2, -0.15) is 0 Å². The molecule has 0 amide bonds. The summed E-state index contributed by atoms with van der Waals surface area (Å²) in [4.78, 5) is 0. The molecular formula is C14H18N4O. The van der Waals surface area contributed by atoms with Crippen LogP contribution in [0.2, 0.25) is 0 Å². The Morgan fingerprint density at radius 2 is 2.11 bits per heavy atom. The Labute approximate surface area is 112 Å². The van der Waals surface area contributed by atoms with Gasteiger partial charge in [-0.05, 0) is 36.6 Å². The van der Waals surface area contributed by atoms with Gasteiger partial charge in [-0.15, -0.1) is 10.2 Å². The zero-order chi connectivity index (χ0) is 13.2. The number of nitrogen functional groups attached to an aromatic ring is 1. The largest absolute Gasteiger partial charge is 0.486 e. The van der Waals surface area contributed by atoms with Crippen molar-refractivity contribution in [2.45, 2.75) is 32.9 Å². The molecular weight excluding hydrogens is 240 g/mol. The number of fused-ring (bicyclic) bond motifs is 1. The first-order valence-corrected chi connectivity index (χ1v) is 6.61. The Bertz CT molecular complexity index is 561. The van der Waals surface area contributed by atoms with E-state index in [2.05, 4.69) is 21.7 Å². The fourth-order valence-electron chi connectivity index (χ4n) is 2.36. The van der Waals surface area contributed by atoms with E-state index in [1.807, 2.05) is 24.3 Å². The maximum absolute atomic E-state index is 5.72. The molecule has 1 unspecified atom stereocenters. The number of hydrogen-bond donors (Lipinski definition) is 1. The summed E-state index contributed by atoms with van der Waals surface area (Å²) in [5.74, 6) is 3.48. The average molecular weight is 258 g/mol. The molecule has 5 nitrogen and oxygen atoms in total. The fraction of sp³-hybridized carbons (Fsp3) is 0.429. The van der Waals surface area contributed by atoms with Crippen LogP contribution in [0.25, 0.3) is 0 Å². The summed E-state index contributed by atoms with van der Waals surface area (Å²) in [6, 6.07) is 7.39. The minimum atomic E-state index is 0.450. The summed E-state index contributed by atoms with van der Waals surface area (Å²) in [5, 5.41) is 8.47. The van der Waals surface area contributed by atoms with Gasteiger partial charge in [0.25, 0.3) is 0 Å². The van der Waals surface area contributed by atoms with Crippen LogP contribution in [0.1, 0.15) is 25.0 Å². The number of aromatic nitrogens is 3. The first kappa shape index (κ1) is 12.0. The highest BCUT2D eigenvalue weighted by atomic mass is 16.5. The van der Waals surface area contributed by atoms with Gasteiger partial charge >= 0.3 is 0 Å². The number of benzene rings is 1. The molecule has 1 aromatic carbocycles. The summed E-state index contributed by atoms with van der Waals surface area (Å²) < 4.78 is 7.90. The van der Waals surface area contributed by atoms with Crippen LogP contribution in [0.3, 0.4) is 0 Å². The number of rotatable bonds is 3. The van der Waals surface area contributed by atoms with Gasteiger partial charge in [-0.25, -0.2) is 0 Å². The van der Waals surface area contributed by atoms with Crippen molar-refractivity contribution in [1.82, 2.24) is 14.8 Å². The highest BCUT2D eigenvalue weighted by Crippen LogP contribution is 2.20. The van der Waals surface area contributed by atoms with Gasteiger partial charge < -0.3 is 15.0 Å². The van der Waals surface area contributed by atoms with Gasteiger partial charge in [0.2, 0.25) is 0 Å². The number of hydrogen-bond acceptors (Lipinski definition) is 4. The first-order valence-electron chi connectivity index (χ1n) is 6.61. The predicted octanol–water partition coefficient (Wildman–Crippen LogP) is 2.02. The molecule has 0 radical (unpaired) electrons. The Balaban J connectivity index is 1.69. The molecule has 1 aliphatic rings. The van der Waals surface area contributed by atoms with Crippen LogP contribution in [0, 0.1) is 5.92 Å². The molecule has 1 atom stereocenters. The molecule has 19 heavy (non-hydrogen) atoms. The summed E-state index contributed by atoms with van der Waals surface area (Å²) in [6.45, 7) is 3.69. The zero-order valence-corrected chi connectivity index (χ0v) is 11.0. The lowest BCUT2D eigenvalue weighted by Crippen LogP contribution is -2.19. The van der Waals surface area contributed by atoms with E-state index in [-0.39, 0.29) is 0 Å². The van der Waals surface area contributed by atoms with E-state index in [0.717, 1.165) is 36.1 Å². The maximum Gasteiger partial charge on any atom is 0.171 e. The molecule has 100 valence electrons. The summed E-state index contributed by atoms with van der Waals surface area (Å²) >= 11 is 0. The van der Waals surface area contributed by atoms with Crippen LogP contribution in [0.4, 0.5) is 5.69 Å². The third-order valence-electron chi connectivity index (χ3n) is 3.53. The number of nitrogens with two attached hydrogens (primary N) is 1. The molecule has 1 aromatic heterocycles. The van der Waals surface area contributed by atoms with Crippen LogP contribution in [-0.2, 0) is 19.6 Å². The lowest BCUT2D eigenvalue weighted by Gasteiger charge is -2.20. The van der Waals surface area contributed by atoms with Crippen molar-refractivity contribution < 1.29 is 4.74 Å². The fourth-order valence-corrected chi connectivity index (χ4v) is 2.36. The smallest absolute Gasteiger partial charge is 0.171 e. The predicted molar refractivity (Wildman–Crippen MR) is 72.7 cm³/mol. The van der Waals surface area contributed by atoms with Crippen molar-refractivity contribution in [1.29, 1.82) is 0 Å². The van der Waals surface area contributed by atoms with Gasteiger partial charge in [0, 0.05) is 18.7 Å². The Kier molecular flexibility index (Phi) is 3.11. The lowest BCUT2D eigenvalue weighted by molar-refractivity contribution is 0.282. The van der Waals surface area contributed by atoms with Gasteiger partial charge in [-0.3, -0.25) is 0 Å². The Hall–Kier alpha value is -2.04. The molecule has 2 N–H and O–H groups in total. The second kappa shape index (κ2) is 4.91. The minimum Gasteiger partial charge on any atom is -0.486 e. The second-order valence-electron chi connectivity index (χ2n) is 5.14. The van der Waals surface area contributed by atoms with E-state index >= 15 is 0 Å². The third-order valence-corrected chi connectivity index (χ3v) is 3.53. The van der Waals surface area contributed by atoms with E-state index < -0.39 is 0 Å². The van der Waals surface area contributed by atoms with Gasteiger partial charge in [0.1, 0.15) is 18.2 Å². The molecule has 0 saturated heterocycles. The normalized spacial score (nSPS) is 18.1. The number of nitrogens with zero attached hydrogens (tertiary/aromatic N) is 3. The van der Waals surface area contributed by atoms with Crippen molar-refractivity contribution in [2.75, 3.05) is 5.73 Å². The standard InChI is InChI=1S/C14H18N4O/c1-10-6-7-18-13(8-10)16-17-14(18)9-19-12-4-2-11(15)3-5-12/h2-5,10H,6-9,15H2,1H3. The Morgan fingerprint density at radius 1 is 1.32 bits per heavy atom. The molecule has 5 heteroatoms. The molecule has 0 aliphatic carbocycles. The molecule has 2 aromatic rings. The van der Waals surface area contributed by atoms with Crippen molar-refractivity contribution in [3.63, 3.8) is 0 Å². The van der Waals surface area contributed by atoms with Crippen LogP contribution in [-0.4, -0.2) is 14.8 Å². The molecule has 3 rings (SSSR count).